The Morgan fingerprint density at radius 2 is 2.20 bits per heavy atom. The maximum Gasteiger partial charge on any atom is 0.254 e. The van der Waals surface area contributed by atoms with E-state index in [1.165, 1.54) is 0 Å². The van der Waals surface area contributed by atoms with E-state index in [1.54, 1.807) is 22.9 Å². The Balaban J connectivity index is 1.70. The van der Waals surface area contributed by atoms with Gasteiger partial charge in [-0.3, -0.25) is 14.6 Å². The van der Waals surface area contributed by atoms with Crippen molar-refractivity contribution in [3.05, 3.63) is 46.4 Å². The molecule has 1 aromatic carbocycles. The zero-order valence-corrected chi connectivity index (χ0v) is 15.2. The summed E-state index contributed by atoms with van der Waals surface area (Å²) in [4.78, 5) is 32.0. The van der Waals surface area contributed by atoms with Crippen LogP contribution in [0, 0.1) is 0 Å². The fourth-order valence-corrected chi connectivity index (χ4v) is 3.29. The van der Waals surface area contributed by atoms with E-state index >= 15 is 0 Å². The lowest BCUT2D eigenvalue weighted by molar-refractivity contribution is -0.116. The highest BCUT2D eigenvalue weighted by molar-refractivity contribution is 7.09. The third kappa shape index (κ3) is 4.89. The summed E-state index contributed by atoms with van der Waals surface area (Å²) in [6, 6.07) is 7.55. The Hall–Kier alpha value is -2.21. The number of amides is 2. The largest absolute Gasteiger partial charge is 0.330 e. The second-order valence-corrected chi connectivity index (χ2v) is 7.34. The van der Waals surface area contributed by atoms with Gasteiger partial charge in [0, 0.05) is 34.8 Å². The number of aromatic nitrogens is 1. The highest BCUT2D eigenvalue weighted by atomic mass is 32.1. The van der Waals surface area contributed by atoms with Crippen molar-refractivity contribution in [1.82, 2.24) is 9.88 Å². The van der Waals surface area contributed by atoms with Gasteiger partial charge in [0.25, 0.3) is 5.91 Å². The van der Waals surface area contributed by atoms with Gasteiger partial charge in [0.1, 0.15) is 0 Å². The molecule has 0 radical (unpaired) electrons. The van der Waals surface area contributed by atoms with Crippen LogP contribution >= 0.6 is 11.3 Å². The van der Waals surface area contributed by atoms with Crippen LogP contribution in [-0.4, -0.2) is 27.7 Å². The quantitative estimate of drug-likeness (QED) is 0.774. The van der Waals surface area contributed by atoms with Gasteiger partial charge in [0.15, 0.2) is 0 Å². The molecule has 1 aromatic heterocycles. The number of carbonyl (C=O) groups is 2. The van der Waals surface area contributed by atoms with Gasteiger partial charge in [0.05, 0.1) is 12.1 Å². The fraction of sp³-hybridized carbons (Fsp3) is 0.421. The smallest absolute Gasteiger partial charge is 0.254 e. The van der Waals surface area contributed by atoms with Gasteiger partial charge in [-0.1, -0.05) is 19.4 Å². The van der Waals surface area contributed by atoms with E-state index < -0.39 is 0 Å². The molecule has 0 saturated heterocycles. The summed E-state index contributed by atoms with van der Waals surface area (Å²) in [5.74, 6) is 0.00992. The van der Waals surface area contributed by atoms with Crippen LogP contribution in [0.4, 0.5) is 5.69 Å². The maximum atomic E-state index is 13.0. The topological polar surface area (TPSA) is 62.3 Å². The molecule has 6 heteroatoms. The summed E-state index contributed by atoms with van der Waals surface area (Å²) in [5.41, 5.74) is 3.09. The van der Waals surface area contributed by atoms with Crippen LogP contribution in [0.2, 0.25) is 0 Å². The molecule has 132 valence electrons. The van der Waals surface area contributed by atoms with Crippen LogP contribution in [0.1, 0.15) is 54.3 Å². The molecule has 2 aromatic rings. The molecule has 1 aliphatic carbocycles. The van der Waals surface area contributed by atoms with Crippen LogP contribution in [0.25, 0.3) is 0 Å². The lowest BCUT2D eigenvalue weighted by Crippen LogP contribution is -2.32. The fourth-order valence-electron chi connectivity index (χ4n) is 2.70. The van der Waals surface area contributed by atoms with Crippen LogP contribution < -0.4 is 5.32 Å². The first kappa shape index (κ1) is 17.6. The van der Waals surface area contributed by atoms with Gasteiger partial charge in [-0.05, 0) is 37.5 Å². The molecule has 1 aliphatic rings. The first-order valence-electron chi connectivity index (χ1n) is 8.75. The average molecular weight is 357 g/mol. The Labute approximate surface area is 152 Å². The summed E-state index contributed by atoms with van der Waals surface area (Å²) >= 11 is 1.57. The summed E-state index contributed by atoms with van der Waals surface area (Å²) in [7, 11) is 0. The van der Waals surface area contributed by atoms with Crippen molar-refractivity contribution < 1.29 is 9.59 Å². The van der Waals surface area contributed by atoms with Gasteiger partial charge >= 0.3 is 0 Å². The van der Waals surface area contributed by atoms with E-state index in [1.807, 2.05) is 29.3 Å². The van der Waals surface area contributed by atoms with Crippen molar-refractivity contribution >= 4 is 28.8 Å². The first-order chi connectivity index (χ1) is 12.2. The third-order valence-corrected chi connectivity index (χ3v) is 4.97. The van der Waals surface area contributed by atoms with Gasteiger partial charge in [0.2, 0.25) is 5.91 Å². The third-order valence-electron chi connectivity index (χ3n) is 4.21. The molecule has 2 amide bonds. The van der Waals surface area contributed by atoms with E-state index in [0.717, 1.165) is 30.6 Å². The van der Waals surface area contributed by atoms with Crippen molar-refractivity contribution in [3.63, 3.8) is 0 Å². The first-order valence-corrected chi connectivity index (χ1v) is 9.63. The standard InChI is InChI=1S/C19H23N3O2S/c1-2-3-7-18(23)21-15-6-4-5-14(10-15)19(24)22(16-8-9-16)12-17-11-20-13-25-17/h4-6,10-11,13,16H,2-3,7-9,12H2,1H3,(H,21,23). The number of hydrogen-bond acceptors (Lipinski definition) is 4. The minimum absolute atomic E-state index is 0.00448. The molecule has 1 heterocycles. The molecule has 0 unspecified atom stereocenters. The number of nitrogens with zero attached hydrogens (tertiary/aromatic N) is 2. The second-order valence-electron chi connectivity index (χ2n) is 6.36. The molecule has 0 spiro atoms. The summed E-state index contributed by atoms with van der Waals surface area (Å²) in [6.45, 7) is 2.66. The normalized spacial score (nSPS) is 13.5. The van der Waals surface area contributed by atoms with Gasteiger partial charge < -0.3 is 10.2 Å². The lowest BCUT2D eigenvalue weighted by atomic mass is 10.1. The Morgan fingerprint density at radius 3 is 2.88 bits per heavy atom. The Morgan fingerprint density at radius 1 is 1.36 bits per heavy atom. The number of benzene rings is 1. The van der Waals surface area contributed by atoms with Crippen LogP contribution in [0.5, 0.6) is 0 Å². The number of unbranched alkanes of at least 4 members (excludes halogenated alkanes) is 1. The molecule has 0 aliphatic heterocycles. The highest BCUT2D eigenvalue weighted by Crippen LogP contribution is 2.30. The number of thiazole rings is 1. The van der Waals surface area contributed by atoms with Crippen molar-refractivity contribution in [2.24, 2.45) is 0 Å². The van der Waals surface area contributed by atoms with E-state index in [-0.39, 0.29) is 11.8 Å². The van der Waals surface area contributed by atoms with E-state index in [0.29, 0.717) is 30.3 Å². The van der Waals surface area contributed by atoms with Crippen LogP contribution in [0.3, 0.4) is 0 Å². The van der Waals surface area contributed by atoms with Crippen LogP contribution in [-0.2, 0) is 11.3 Å². The molecule has 1 saturated carbocycles. The molecule has 1 fully saturated rings. The summed E-state index contributed by atoms with van der Waals surface area (Å²) in [5, 5.41) is 2.88. The molecule has 0 bridgehead atoms. The zero-order chi connectivity index (χ0) is 17.6. The van der Waals surface area contributed by atoms with Gasteiger partial charge in [-0.15, -0.1) is 11.3 Å². The van der Waals surface area contributed by atoms with E-state index in [9.17, 15) is 9.59 Å². The van der Waals surface area contributed by atoms with Gasteiger partial charge in [-0.25, -0.2) is 0 Å². The number of anilines is 1. The molecular formula is C19H23N3O2S. The Kier molecular flexibility index (Phi) is 5.81. The lowest BCUT2D eigenvalue weighted by Gasteiger charge is -2.22. The molecule has 25 heavy (non-hydrogen) atoms. The average Bonchev–Trinajstić information content (AvgIpc) is 3.33. The van der Waals surface area contributed by atoms with Crippen molar-refractivity contribution in [2.45, 2.75) is 51.6 Å². The Bertz CT molecular complexity index is 726. The number of hydrogen-bond donors (Lipinski definition) is 1. The zero-order valence-electron chi connectivity index (χ0n) is 14.4. The second kappa shape index (κ2) is 8.25. The monoisotopic (exact) mass is 357 g/mol. The molecule has 5 nitrogen and oxygen atoms in total. The predicted octanol–water partition coefficient (Wildman–Crippen LogP) is 4.08. The number of carbonyl (C=O) groups excluding carboxylic acids is 2. The number of rotatable bonds is 8. The molecule has 0 atom stereocenters. The van der Waals surface area contributed by atoms with Crippen molar-refractivity contribution in [2.75, 3.05) is 5.32 Å². The molecular weight excluding hydrogens is 334 g/mol. The summed E-state index contributed by atoms with van der Waals surface area (Å²) < 4.78 is 0. The molecule has 1 N–H and O–H groups in total. The minimum atomic E-state index is -0.00448. The highest BCUT2D eigenvalue weighted by Gasteiger charge is 2.33. The number of nitrogens with one attached hydrogen (secondary N) is 1. The van der Waals surface area contributed by atoms with Crippen LogP contribution in [0.15, 0.2) is 36.0 Å². The predicted molar refractivity (Wildman–Crippen MR) is 99.6 cm³/mol. The van der Waals surface area contributed by atoms with E-state index in [4.69, 9.17) is 0 Å². The SMILES string of the molecule is CCCCC(=O)Nc1cccc(C(=O)N(Cc2cncs2)C2CC2)c1. The molecule has 3 rings (SSSR count). The van der Waals surface area contributed by atoms with Crippen molar-refractivity contribution in [3.8, 4) is 0 Å². The maximum absolute atomic E-state index is 13.0. The van der Waals surface area contributed by atoms with E-state index in [2.05, 4.69) is 17.2 Å². The summed E-state index contributed by atoms with van der Waals surface area (Å²) in [6.07, 6.45) is 6.29. The van der Waals surface area contributed by atoms with Gasteiger partial charge in [-0.2, -0.15) is 0 Å². The van der Waals surface area contributed by atoms with Crippen molar-refractivity contribution in [1.29, 1.82) is 0 Å². The minimum Gasteiger partial charge on any atom is -0.330 e.